The molecule has 3 rings (SSSR count). The van der Waals surface area contributed by atoms with Gasteiger partial charge in [0.15, 0.2) is 0 Å². The van der Waals surface area contributed by atoms with E-state index in [1.807, 2.05) is 23.8 Å². The van der Waals surface area contributed by atoms with Gasteiger partial charge in [-0.3, -0.25) is 4.79 Å². The van der Waals surface area contributed by atoms with E-state index >= 15 is 0 Å². The summed E-state index contributed by atoms with van der Waals surface area (Å²) in [7, 11) is 0. The van der Waals surface area contributed by atoms with Crippen LogP contribution in [-0.2, 0) is 0 Å². The first-order valence-electron chi connectivity index (χ1n) is 7.12. The van der Waals surface area contributed by atoms with Crippen LogP contribution in [0.1, 0.15) is 37.5 Å². The third-order valence-electron chi connectivity index (χ3n) is 3.81. The fourth-order valence-electron chi connectivity index (χ4n) is 2.75. The third kappa shape index (κ3) is 3.00. The van der Waals surface area contributed by atoms with Crippen LogP contribution in [0.4, 0.5) is 11.5 Å². The molecule has 0 unspecified atom stereocenters. The molecule has 0 spiro atoms. The van der Waals surface area contributed by atoms with Gasteiger partial charge in [-0.15, -0.1) is 0 Å². The van der Waals surface area contributed by atoms with E-state index < -0.39 is 0 Å². The van der Waals surface area contributed by atoms with E-state index in [2.05, 4.69) is 31.2 Å². The zero-order chi connectivity index (χ0) is 14.8. The van der Waals surface area contributed by atoms with Crippen molar-refractivity contribution in [1.29, 1.82) is 0 Å². The second-order valence-electron chi connectivity index (χ2n) is 5.31. The van der Waals surface area contributed by atoms with Crippen LogP contribution >= 0.6 is 15.9 Å². The first kappa shape index (κ1) is 14.3. The fraction of sp³-hybridized carbons (Fsp3) is 0.400. The first-order valence-corrected chi connectivity index (χ1v) is 7.92. The second-order valence-corrected chi connectivity index (χ2v) is 6.17. The zero-order valence-corrected chi connectivity index (χ0v) is 13.4. The first-order chi connectivity index (χ1) is 10.1. The Kier molecular flexibility index (Phi) is 4.05. The highest BCUT2D eigenvalue weighted by molar-refractivity contribution is 9.10. The zero-order valence-electron chi connectivity index (χ0n) is 11.8. The molecule has 1 aliphatic rings. The lowest BCUT2D eigenvalue weighted by Gasteiger charge is -2.15. The highest BCUT2D eigenvalue weighted by atomic mass is 79.9. The predicted molar refractivity (Wildman–Crippen MR) is 86.0 cm³/mol. The van der Waals surface area contributed by atoms with Crippen molar-refractivity contribution in [3.05, 3.63) is 45.2 Å². The number of rotatable bonds is 3. The number of hydrogen-bond acceptors (Lipinski definition) is 4. The number of nitrogens with zero attached hydrogens (tertiary/aromatic N) is 3. The Morgan fingerprint density at radius 1 is 1.38 bits per heavy atom. The largest absolute Gasteiger partial charge is 0.335 e. The monoisotopic (exact) mass is 348 g/mol. The molecule has 0 amide bonds. The summed E-state index contributed by atoms with van der Waals surface area (Å²) in [6, 6.07) is 4.02. The topological polar surface area (TPSA) is 59.8 Å². The van der Waals surface area contributed by atoms with Crippen LogP contribution in [0.2, 0.25) is 0 Å². The number of anilines is 2. The number of aromatic nitrogens is 3. The average Bonchev–Trinajstić information content (AvgIpc) is 2.99. The molecule has 0 radical (unpaired) electrons. The van der Waals surface area contributed by atoms with Crippen molar-refractivity contribution < 1.29 is 0 Å². The van der Waals surface area contributed by atoms with E-state index in [1.54, 1.807) is 12.3 Å². The van der Waals surface area contributed by atoms with E-state index in [4.69, 9.17) is 0 Å². The molecule has 1 fully saturated rings. The molecule has 2 heterocycles. The van der Waals surface area contributed by atoms with Crippen molar-refractivity contribution in [1.82, 2.24) is 14.5 Å². The normalized spacial score (nSPS) is 15.3. The van der Waals surface area contributed by atoms with Crippen molar-refractivity contribution in [3.63, 3.8) is 0 Å². The maximum absolute atomic E-state index is 12.6. The van der Waals surface area contributed by atoms with Crippen LogP contribution in [0.3, 0.4) is 0 Å². The van der Waals surface area contributed by atoms with Crippen molar-refractivity contribution in [3.8, 4) is 0 Å². The second kappa shape index (κ2) is 5.97. The number of hydrogen-bond donors (Lipinski definition) is 1. The summed E-state index contributed by atoms with van der Waals surface area (Å²) in [5.74, 6) is 1.27. The van der Waals surface area contributed by atoms with Crippen LogP contribution in [0, 0.1) is 6.92 Å². The van der Waals surface area contributed by atoms with Crippen LogP contribution in [0.15, 0.2) is 33.8 Å². The Labute approximate surface area is 131 Å². The summed E-state index contributed by atoms with van der Waals surface area (Å²) in [5.41, 5.74) is 0.552. The minimum absolute atomic E-state index is 0.00700. The van der Waals surface area contributed by atoms with Gasteiger partial charge in [-0.1, -0.05) is 12.8 Å². The smallest absolute Gasteiger partial charge is 0.274 e. The molecule has 0 aromatic carbocycles. The van der Waals surface area contributed by atoms with Crippen molar-refractivity contribution in [2.75, 3.05) is 5.32 Å². The highest BCUT2D eigenvalue weighted by Gasteiger charge is 2.18. The summed E-state index contributed by atoms with van der Waals surface area (Å²) in [6.07, 6.45) is 8.13. The van der Waals surface area contributed by atoms with Crippen LogP contribution in [-0.4, -0.2) is 14.5 Å². The fourth-order valence-corrected chi connectivity index (χ4v) is 3.04. The highest BCUT2D eigenvalue weighted by Crippen LogP contribution is 2.28. The maximum atomic E-state index is 12.6. The Morgan fingerprint density at radius 3 is 2.90 bits per heavy atom. The van der Waals surface area contributed by atoms with E-state index in [0.717, 1.165) is 17.3 Å². The molecule has 21 heavy (non-hydrogen) atoms. The number of nitrogens with one attached hydrogen (secondary N) is 1. The molecule has 110 valence electrons. The lowest BCUT2D eigenvalue weighted by molar-refractivity contribution is 0.503. The maximum Gasteiger partial charge on any atom is 0.274 e. The van der Waals surface area contributed by atoms with Gasteiger partial charge in [0.05, 0.1) is 4.47 Å². The molecule has 1 N–H and O–H groups in total. The van der Waals surface area contributed by atoms with Gasteiger partial charge in [0.2, 0.25) is 0 Å². The molecule has 2 aromatic rings. The molecule has 2 aromatic heterocycles. The Bertz CT molecular complexity index is 707. The molecule has 0 atom stereocenters. The van der Waals surface area contributed by atoms with Crippen LogP contribution in [0.5, 0.6) is 0 Å². The van der Waals surface area contributed by atoms with Gasteiger partial charge in [0.25, 0.3) is 5.56 Å². The standard InChI is InChI=1S/C15H17BrN4O/c1-10-17-9-12(16)14(18-10)19-13-7-4-8-20(15(13)21)11-5-2-3-6-11/h4,7-9,11H,2-3,5-6H2,1H3,(H,17,18,19). The molecular formula is C15H17BrN4O. The number of pyridine rings is 1. The van der Waals surface area contributed by atoms with Gasteiger partial charge in [-0.2, -0.15) is 0 Å². The van der Waals surface area contributed by atoms with Gasteiger partial charge in [-0.05, 0) is 47.8 Å². The summed E-state index contributed by atoms with van der Waals surface area (Å²) < 4.78 is 2.58. The van der Waals surface area contributed by atoms with Gasteiger partial charge >= 0.3 is 0 Å². The molecule has 0 bridgehead atoms. The van der Waals surface area contributed by atoms with Gasteiger partial charge < -0.3 is 9.88 Å². The third-order valence-corrected chi connectivity index (χ3v) is 4.39. The van der Waals surface area contributed by atoms with Gasteiger partial charge in [0.1, 0.15) is 17.3 Å². The van der Waals surface area contributed by atoms with E-state index in [1.165, 1.54) is 12.8 Å². The molecule has 6 heteroatoms. The Morgan fingerprint density at radius 2 is 2.14 bits per heavy atom. The number of aryl methyl sites for hydroxylation is 1. The van der Waals surface area contributed by atoms with Gasteiger partial charge in [0, 0.05) is 18.4 Å². The quantitative estimate of drug-likeness (QED) is 0.920. The summed E-state index contributed by atoms with van der Waals surface area (Å²) >= 11 is 3.40. The van der Waals surface area contributed by atoms with E-state index in [9.17, 15) is 4.79 Å². The molecule has 1 saturated carbocycles. The minimum Gasteiger partial charge on any atom is -0.335 e. The molecule has 0 saturated heterocycles. The van der Waals surface area contributed by atoms with Crippen LogP contribution < -0.4 is 10.9 Å². The Balaban J connectivity index is 1.94. The van der Waals surface area contributed by atoms with Crippen molar-refractivity contribution in [2.24, 2.45) is 0 Å². The molecule has 0 aliphatic heterocycles. The lowest BCUT2D eigenvalue weighted by Crippen LogP contribution is -2.24. The molecule has 1 aliphatic carbocycles. The molecule has 5 nitrogen and oxygen atoms in total. The summed E-state index contributed by atoms with van der Waals surface area (Å²) in [4.78, 5) is 21.0. The predicted octanol–water partition coefficient (Wildman–Crippen LogP) is 3.57. The lowest BCUT2D eigenvalue weighted by atomic mass is 10.2. The van der Waals surface area contributed by atoms with Crippen molar-refractivity contribution in [2.45, 2.75) is 38.6 Å². The Hall–Kier alpha value is -1.69. The van der Waals surface area contributed by atoms with E-state index in [-0.39, 0.29) is 5.56 Å². The van der Waals surface area contributed by atoms with E-state index in [0.29, 0.717) is 23.4 Å². The summed E-state index contributed by atoms with van der Waals surface area (Å²) in [5, 5.41) is 3.11. The minimum atomic E-state index is 0.00700. The number of halogens is 1. The van der Waals surface area contributed by atoms with Crippen molar-refractivity contribution >= 4 is 27.4 Å². The summed E-state index contributed by atoms with van der Waals surface area (Å²) in [6.45, 7) is 1.82. The van der Waals surface area contributed by atoms with Crippen LogP contribution in [0.25, 0.3) is 0 Å². The molecular weight excluding hydrogens is 332 g/mol. The SMILES string of the molecule is Cc1ncc(Br)c(Nc2cccn(C3CCCC3)c2=O)n1. The van der Waals surface area contributed by atoms with Gasteiger partial charge in [-0.25, -0.2) is 9.97 Å². The average molecular weight is 349 g/mol.